The summed E-state index contributed by atoms with van der Waals surface area (Å²) in [6, 6.07) is 6.44. The third-order valence-corrected chi connectivity index (χ3v) is 3.94. The number of hydrogen-bond acceptors (Lipinski definition) is 3. The Labute approximate surface area is 107 Å². The first-order valence-electron chi connectivity index (χ1n) is 6.02. The molecule has 3 heteroatoms. The number of nitrogens with two attached hydrogens (primary N) is 1. The van der Waals surface area contributed by atoms with Crippen molar-refractivity contribution in [1.29, 1.82) is 0 Å². The maximum Gasteiger partial charge on any atom is 0.0303 e. The number of aromatic nitrogens is 1. The predicted octanol–water partition coefficient (Wildman–Crippen LogP) is 3.34. The average Bonchev–Trinajstić information content (AvgIpc) is 2.89. The number of pyridine rings is 1. The number of hydrogen-bond donors (Lipinski definition) is 1. The molecule has 0 aromatic carbocycles. The van der Waals surface area contributed by atoms with Crippen molar-refractivity contribution < 1.29 is 0 Å². The highest BCUT2D eigenvalue weighted by atomic mass is 32.1. The lowest BCUT2D eigenvalue weighted by molar-refractivity contribution is 0.647. The molecular formula is C14H18N2S. The summed E-state index contributed by atoms with van der Waals surface area (Å²) in [7, 11) is 0. The van der Waals surface area contributed by atoms with Crippen molar-refractivity contribution in [2.45, 2.75) is 32.2 Å². The van der Waals surface area contributed by atoms with E-state index in [-0.39, 0.29) is 6.04 Å². The Morgan fingerprint density at radius 1 is 1.41 bits per heavy atom. The van der Waals surface area contributed by atoms with Gasteiger partial charge in [-0.25, -0.2) is 0 Å². The molecule has 0 spiro atoms. The van der Waals surface area contributed by atoms with E-state index in [2.05, 4.69) is 35.5 Å². The average molecular weight is 246 g/mol. The third kappa shape index (κ3) is 3.14. The molecule has 0 aliphatic heterocycles. The highest BCUT2D eigenvalue weighted by Gasteiger charge is 2.10. The third-order valence-electron chi connectivity index (χ3n) is 3.00. The van der Waals surface area contributed by atoms with Crippen LogP contribution < -0.4 is 5.73 Å². The van der Waals surface area contributed by atoms with E-state index in [0.717, 1.165) is 19.3 Å². The van der Waals surface area contributed by atoms with Gasteiger partial charge < -0.3 is 5.73 Å². The highest BCUT2D eigenvalue weighted by molar-refractivity contribution is 7.09. The van der Waals surface area contributed by atoms with Gasteiger partial charge in [0.05, 0.1) is 0 Å². The van der Waals surface area contributed by atoms with E-state index in [1.165, 1.54) is 16.0 Å². The minimum atomic E-state index is 0.120. The van der Waals surface area contributed by atoms with Gasteiger partial charge in [0.2, 0.25) is 0 Å². The second kappa shape index (κ2) is 5.94. The topological polar surface area (TPSA) is 38.9 Å². The molecule has 1 atom stereocenters. The zero-order valence-corrected chi connectivity index (χ0v) is 10.9. The Hall–Kier alpha value is -1.19. The van der Waals surface area contributed by atoms with Crippen molar-refractivity contribution in [3.8, 4) is 0 Å². The Morgan fingerprint density at radius 3 is 3.00 bits per heavy atom. The number of aryl methyl sites for hydroxylation is 2. The van der Waals surface area contributed by atoms with Crippen LogP contribution in [-0.4, -0.2) is 4.98 Å². The van der Waals surface area contributed by atoms with Crippen molar-refractivity contribution in [3.05, 3.63) is 52.0 Å². The summed E-state index contributed by atoms with van der Waals surface area (Å²) in [5.74, 6) is 0. The molecule has 90 valence electrons. The molecule has 0 aliphatic carbocycles. The Balaban J connectivity index is 2.01. The highest BCUT2D eigenvalue weighted by Crippen LogP contribution is 2.21. The van der Waals surface area contributed by atoms with Crippen LogP contribution in [0.2, 0.25) is 0 Å². The molecule has 0 saturated heterocycles. The van der Waals surface area contributed by atoms with Crippen LogP contribution in [-0.2, 0) is 12.8 Å². The molecule has 2 heterocycles. The fourth-order valence-corrected chi connectivity index (χ4v) is 2.73. The van der Waals surface area contributed by atoms with Crippen molar-refractivity contribution >= 4 is 11.3 Å². The van der Waals surface area contributed by atoms with Crippen LogP contribution in [0, 0.1) is 0 Å². The maximum absolute atomic E-state index is 6.26. The molecule has 0 bridgehead atoms. The van der Waals surface area contributed by atoms with Crippen LogP contribution in [0.25, 0.3) is 0 Å². The smallest absolute Gasteiger partial charge is 0.0303 e. The lowest BCUT2D eigenvalue weighted by Gasteiger charge is -2.14. The van der Waals surface area contributed by atoms with Crippen LogP contribution in [0.1, 0.15) is 35.4 Å². The molecule has 17 heavy (non-hydrogen) atoms. The normalized spacial score (nSPS) is 12.6. The fourth-order valence-electron chi connectivity index (χ4n) is 2.00. The number of nitrogens with zero attached hydrogens (tertiary/aromatic N) is 1. The molecule has 2 rings (SSSR count). The molecule has 2 nitrogen and oxygen atoms in total. The Bertz CT molecular complexity index is 451. The van der Waals surface area contributed by atoms with Crippen LogP contribution >= 0.6 is 11.3 Å². The molecule has 0 aliphatic rings. The van der Waals surface area contributed by atoms with Gasteiger partial charge in [0, 0.05) is 23.3 Å². The van der Waals surface area contributed by atoms with Crippen molar-refractivity contribution in [2.24, 2.45) is 5.73 Å². The summed E-state index contributed by atoms with van der Waals surface area (Å²) in [5, 5.41) is 2.12. The number of rotatable bonds is 5. The molecule has 2 aromatic rings. The second-order valence-corrected chi connectivity index (χ2v) is 5.18. The lowest BCUT2D eigenvalue weighted by atomic mass is 9.98. The summed E-state index contributed by atoms with van der Waals surface area (Å²) in [4.78, 5) is 5.56. The lowest BCUT2D eigenvalue weighted by Crippen LogP contribution is -2.13. The quantitative estimate of drug-likeness (QED) is 0.878. The fraction of sp³-hybridized carbons (Fsp3) is 0.357. The van der Waals surface area contributed by atoms with Crippen molar-refractivity contribution in [3.63, 3.8) is 0 Å². The molecule has 2 N–H and O–H groups in total. The van der Waals surface area contributed by atoms with E-state index in [1.54, 1.807) is 11.3 Å². The summed E-state index contributed by atoms with van der Waals surface area (Å²) < 4.78 is 0. The van der Waals surface area contributed by atoms with E-state index in [0.29, 0.717) is 0 Å². The number of thiophene rings is 1. The summed E-state index contributed by atoms with van der Waals surface area (Å²) in [5.41, 5.74) is 8.78. The zero-order valence-electron chi connectivity index (χ0n) is 10.1. The summed E-state index contributed by atoms with van der Waals surface area (Å²) in [6.07, 6.45) is 6.82. The zero-order chi connectivity index (χ0) is 12.1. The maximum atomic E-state index is 6.26. The van der Waals surface area contributed by atoms with E-state index in [4.69, 9.17) is 5.73 Å². The SMILES string of the molecule is CCc1cnccc1C(N)CCc1cccs1. The van der Waals surface area contributed by atoms with Gasteiger partial charge >= 0.3 is 0 Å². The first-order valence-corrected chi connectivity index (χ1v) is 6.90. The van der Waals surface area contributed by atoms with E-state index in [1.807, 2.05) is 12.4 Å². The van der Waals surface area contributed by atoms with Gasteiger partial charge in [-0.05, 0) is 47.9 Å². The molecular weight excluding hydrogens is 228 g/mol. The van der Waals surface area contributed by atoms with Gasteiger partial charge in [0.15, 0.2) is 0 Å². The second-order valence-electron chi connectivity index (χ2n) is 4.15. The van der Waals surface area contributed by atoms with Gasteiger partial charge in [-0.2, -0.15) is 0 Å². The van der Waals surface area contributed by atoms with Gasteiger partial charge in [0.1, 0.15) is 0 Å². The van der Waals surface area contributed by atoms with Crippen LogP contribution in [0.4, 0.5) is 0 Å². The molecule has 2 aromatic heterocycles. The molecule has 1 unspecified atom stereocenters. The van der Waals surface area contributed by atoms with Gasteiger partial charge in [0.25, 0.3) is 0 Å². The van der Waals surface area contributed by atoms with Crippen molar-refractivity contribution in [2.75, 3.05) is 0 Å². The minimum Gasteiger partial charge on any atom is -0.324 e. The van der Waals surface area contributed by atoms with E-state index < -0.39 is 0 Å². The Morgan fingerprint density at radius 2 is 2.29 bits per heavy atom. The van der Waals surface area contributed by atoms with Gasteiger partial charge in [-0.3, -0.25) is 4.98 Å². The molecule has 0 saturated carbocycles. The minimum absolute atomic E-state index is 0.120. The van der Waals surface area contributed by atoms with E-state index >= 15 is 0 Å². The summed E-state index contributed by atoms with van der Waals surface area (Å²) in [6.45, 7) is 2.15. The summed E-state index contributed by atoms with van der Waals surface area (Å²) >= 11 is 1.80. The molecule has 0 fully saturated rings. The first-order chi connectivity index (χ1) is 8.31. The molecule has 0 radical (unpaired) electrons. The van der Waals surface area contributed by atoms with Crippen LogP contribution in [0.3, 0.4) is 0 Å². The van der Waals surface area contributed by atoms with Crippen LogP contribution in [0.15, 0.2) is 36.0 Å². The Kier molecular flexibility index (Phi) is 4.29. The first kappa shape index (κ1) is 12.3. The van der Waals surface area contributed by atoms with Crippen LogP contribution in [0.5, 0.6) is 0 Å². The molecule has 0 amide bonds. The van der Waals surface area contributed by atoms with Crippen molar-refractivity contribution in [1.82, 2.24) is 4.98 Å². The van der Waals surface area contributed by atoms with Gasteiger partial charge in [-0.15, -0.1) is 11.3 Å². The van der Waals surface area contributed by atoms with Gasteiger partial charge in [-0.1, -0.05) is 13.0 Å². The monoisotopic (exact) mass is 246 g/mol. The largest absolute Gasteiger partial charge is 0.324 e. The standard InChI is InChI=1S/C14H18N2S/c1-2-11-10-16-8-7-13(11)14(15)6-5-12-4-3-9-17-12/h3-4,7-10,14H,2,5-6,15H2,1H3. The van der Waals surface area contributed by atoms with E-state index in [9.17, 15) is 0 Å². The predicted molar refractivity (Wildman–Crippen MR) is 73.2 cm³/mol.